The molecule has 2 saturated heterocycles. The Balaban J connectivity index is 1.71. The Kier molecular flexibility index (Phi) is 4.39. The summed E-state index contributed by atoms with van der Waals surface area (Å²) in [6, 6.07) is 2.78. The summed E-state index contributed by atoms with van der Waals surface area (Å²) < 4.78 is 32.2. The second kappa shape index (κ2) is 6.09. The SMILES string of the molecule is C[C@@]1(O)CCOC2(CCN(C(=O)c3cccn3C(F)F)CC2)[C@H]1O. The number of rotatable bonds is 2. The highest BCUT2D eigenvalue weighted by molar-refractivity contribution is 5.92. The number of hydrogen-bond donors (Lipinski definition) is 2. The van der Waals surface area contributed by atoms with Gasteiger partial charge in [0, 0.05) is 25.7 Å². The van der Waals surface area contributed by atoms with E-state index >= 15 is 0 Å². The summed E-state index contributed by atoms with van der Waals surface area (Å²) in [5, 5.41) is 20.7. The van der Waals surface area contributed by atoms with E-state index in [1.165, 1.54) is 23.2 Å². The van der Waals surface area contributed by atoms with E-state index in [-0.39, 0.29) is 18.8 Å². The molecule has 134 valence electrons. The lowest BCUT2D eigenvalue weighted by atomic mass is 9.75. The predicted octanol–water partition coefficient (Wildman–Crippen LogP) is 1.39. The van der Waals surface area contributed by atoms with Gasteiger partial charge in [0.1, 0.15) is 17.4 Å². The van der Waals surface area contributed by atoms with E-state index in [4.69, 9.17) is 4.74 Å². The largest absolute Gasteiger partial charge is 0.387 e. The van der Waals surface area contributed by atoms with Gasteiger partial charge in [0.25, 0.3) is 5.91 Å². The molecular formula is C16H22F2N2O4. The number of likely N-dealkylation sites (tertiary alicyclic amines) is 1. The smallest absolute Gasteiger partial charge is 0.319 e. The fraction of sp³-hybridized carbons (Fsp3) is 0.688. The first-order valence-electron chi connectivity index (χ1n) is 8.05. The number of alkyl halides is 2. The quantitative estimate of drug-likeness (QED) is 0.850. The third kappa shape index (κ3) is 2.82. The Morgan fingerprint density at radius 3 is 2.67 bits per heavy atom. The van der Waals surface area contributed by atoms with Crippen LogP contribution in [0.25, 0.3) is 0 Å². The van der Waals surface area contributed by atoms with Crippen molar-refractivity contribution in [3.05, 3.63) is 24.0 Å². The summed E-state index contributed by atoms with van der Waals surface area (Å²) in [7, 11) is 0. The minimum Gasteiger partial charge on any atom is -0.387 e. The molecule has 2 atom stereocenters. The Morgan fingerprint density at radius 1 is 1.38 bits per heavy atom. The minimum absolute atomic E-state index is 0.0574. The van der Waals surface area contributed by atoms with Gasteiger partial charge < -0.3 is 19.8 Å². The topological polar surface area (TPSA) is 74.9 Å². The van der Waals surface area contributed by atoms with Crippen molar-refractivity contribution in [1.29, 1.82) is 0 Å². The monoisotopic (exact) mass is 344 g/mol. The average Bonchev–Trinajstić information content (AvgIpc) is 3.02. The van der Waals surface area contributed by atoms with E-state index in [1.54, 1.807) is 6.92 Å². The van der Waals surface area contributed by atoms with E-state index in [9.17, 15) is 23.8 Å². The zero-order valence-corrected chi connectivity index (χ0v) is 13.5. The van der Waals surface area contributed by atoms with Crippen LogP contribution in [-0.4, -0.2) is 62.6 Å². The van der Waals surface area contributed by atoms with Crippen molar-refractivity contribution >= 4 is 5.91 Å². The molecule has 2 fully saturated rings. The molecule has 1 amide bonds. The number of piperidine rings is 1. The van der Waals surface area contributed by atoms with Gasteiger partial charge >= 0.3 is 6.55 Å². The van der Waals surface area contributed by atoms with E-state index in [0.29, 0.717) is 30.4 Å². The zero-order valence-electron chi connectivity index (χ0n) is 13.5. The summed E-state index contributed by atoms with van der Waals surface area (Å²) in [6.07, 6.45) is 1.19. The highest BCUT2D eigenvalue weighted by atomic mass is 19.3. The standard InChI is InChI=1S/C16H22F2N2O4/c1-15(23)6-10-24-16(13(15)22)4-8-19(9-5-16)12(21)11-3-2-7-20(11)14(17)18/h2-3,7,13-14,22-23H,4-6,8-10H2,1H3/t13-,15+/m0/s1. The maximum Gasteiger partial charge on any atom is 0.319 e. The van der Waals surface area contributed by atoms with Crippen molar-refractivity contribution in [2.24, 2.45) is 0 Å². The number of carbonyl (C=O) groups is 1. The van der Waals surface area contributed by atoms with E-state index in [0.717, 1.165) is 0 Å². The lowest BCUT2D eigenvalue weighted by Gasteiger charge is -2.51. The van der Waals surface area contributed by atoms with Crippen molar-refractivity contribution in [2.45, 2.75) is 50.0 Å². The van der Waals surface area contributed by atoms with Crippen LogP contribution in [0.4, 0.5) is 8.78 Å². The van der Waals surface area contributed by atoms with Crippen LogP contribution < -0.4 is 0 Å². The molecule has 2 aliphatic heterocycles. The van der Waals surface area contributed by atoms with E-state index in [2.05, 4.69) is 0 Å². The van der Waals surface area contributed by atoms with Gasteiger partial charge in [-0.3, -0.25) is 9.36 Å². The number of ether oxygens (including phenoxy) is 1. The summed E-state index contributed by atoms with van der Waals surface area (Å²) >= 11 is 0. The normalized spacial score (nSPS) is 30.1. The number of hydrogen-bond acceptors (Lipinski definition) is 4. The summed E-state index contributed by atoms with van der Waals surface area (Å²) in [6.45, 7) is -0.296. The van der Waals surface area contributed by atoms with Gasteiger partial charge in [0.05, 0.1) is 12.2 Å². The van der Waals surface area contributed by atoms with Crippen LogP contribution in [0.3, 0.4) is 0 Å². The number of aromatic nitrogens is 1. The Bertz CT molecular complexity index is 609. The molecule has 0 aliphatic carbocycles. The fourth-order valence-electron chi connectivity index (χ4n) is 3.66. The maximum absolute atomic E-state index is 12.9. The van der Waals surface area contributed by atoms with Gasteiger partial charge in [0.2, 0.25) is 0 Å². The molecule has 24 heavy (non-hydrogen) atoms. The molecule has 0 saturated carbocycles. The number of carbonyl (C=O) groups excluding carboxylic acids is 1. The second-order valence-electron chi connectivity index (χ2n) is 6.79. The molecule has 0 bridgehead atoms. The molecule has 1 aromatic heterocycles. The maximum atomic E-state index is 12.9. The van der Waals surface area contributed by atoms with Crippen molar-refractivity contribution in [3.8, 4) is 0 Å². The van der Waals surface area contributed by atoms with Crippen LogP contribution in [0, 0.1) is 0 Å². The number of aliphatic hydroxyl groups is 2. The molecule has 3 heterocycles. The Hall–Kier alpha value is -1.51. The molecular weight excluding hydrogens is 322 g/mol. The molecule has 0 unspecified atom stereocenters. The van der Waals surface area contributed by atoms with Gasteiger partial charge in [-0.15, -0.1) is 0 Å². The van der Waals surface area contributed by atoms with E-state index < -0.39 is 29.8 Å². The van der Waals surface area contributed by atoms with Crippen molar-refractivity contribution in [2.75, 3.05) is 19.7 Å². The lowest BCUT2D eigenvalue weighted by molar-refractivity contribution is -0.244. The lowest BCUT2D eigenvalue weighted by Crippen LogP contribution is -2.64. The first kappa shape index (κ1) is 17.3. The molecule has 6 nitrogen and oxygen atoms in total. The van der Waals surface area contributed by atoms with Gasteiger partial charge in [-0.1, -0.05) is 0 Å². The van der Waals surface area contributed by atoms with Crippen LogP contribution in [0.1, 0.15) is 43.2 Å². The first-order valence-corrected chi connectivity index (χ1v) is 8.05. The highest BCUT2D eigenvalue weighted by Crippen LogP contribution is 2.40. The number of nitrogens with zero attached hydrogens (tertiary/aromatic N) is 2. The molecule has 2 N–H and O–H groups in total. The number of amides is 1. The van der Waals surface area contributed by atoms with Crippen molar-refractivity contribution < 1.29 is 28.5 Å². The summed E-state index contributed by atoms with van der Waals surface area (Å²) in [5.74, 6) is -0.466. The predicted molar refractivity (Wildman–Crippen MR) is 80.8 cm³/mol. The second-order valence-corrected chi connectivity index (χ2v) is 6.79. The molecule has 1 aromatic rings. The van der Waals surface area contributed by atoms with Gasteiger partial charge in [-0.05, 0) is 31.9 Å². The van der Waals surface area contributed by atoms with Gasteiger partial charge in [-0.25, -0.2) is 0 Å². The van der Waals surface area contributed by atoms with Crippen molar-refractivity contribution in [1.82, 2.24) is 9.47 Å². The minimum atomic E-state index is -2.77. The Morgan fingerprint density at radius 2 is 2.04 bits per heavy atom. The third-order valence-corrected chi connectivity index (χ3v) is 5.19. The van der Waals surface area contributed by atoms with Gasteiger partial charge in [0.15, 0.2) is 0 Å². The van der Waals surface area contributed by atoms with E-state index in [1.807, 2.05) is 0 Å². The molecule has 3 rings (SSSR count). The molecule has 0 aromatic carbocycles. The number of aliphatic hydroxyl groups excluding tert-OH is 1. The molecule has 0 radical (unpaired) electrons. The molecule has 8 heteroatoms. The number of halogens is 2. The zero-order chi connectivity index (χ0) is 17.5. The average molecular weight is 344 g/mol. The third-order valence-electron chi connectivity index (χ3n) is 5.19. The van der Waals surface area contributed by atoms with Gasteiger partial charge in [-0.2, -0.15) is 8.78 Å². The molecule has 2 aliphatic rings. The van der Waals surface area contributed by atoms with Crippen LogP contribution in [0.15, 0.2) is 18.3 Å². The van der Waals surface area contributed by atoms with Crippen LogP contribution in [-0.2, 0) is 4.74 Å². The van der Waals surface area contributed by atoms with Crippen LogP contribution in [0.2, 0.25) is 0 Å². The van der Waals surface area contributed by atoms with Crippen LogP contribution >= 0.6 is 0 Å². The van der Waals surface area contributed by atoms with Crippen LogP contribution in [0.5, 0.6) is 0 Å². The Labute approximate surface area is 138 Å². The summed E-state index contributed by atoms with van der Waals surface area (Å²) in [4.78, 5) is 14.0. The highest BCUT2D eigenvalue weighted by Gasteiger charge is 2.53. The molecule has 1 spiro atoms. The fourth-order valence-corrected chi connectivity index (χ4v) is 3.66. The summed E-state index contributed by atoms with van der Waals surface area (Å²) in [5.41, 5.74) is -2.17. The van der Waals surface area contributed by atoms with Crippen molar-refractivity contribution in [3.63, 3.8) is 0 Å². The first-order chi connectivity index (χ1) is 11.3.